The first kappa shape index (κ1) is 37.8. The number of hydrogen-bond acceptors (Lipinski definition) is 9. The Morgan fingerprint density at radius 2 is 1.62 bits per heavy atom. The van der Waals surface area contributed by atoms with Crippen molar-refractivity contribution in [3.8, 4) is 16.9 Å². The van der Waals surface area contributed by atoms with E-state index in [-0.39, 0.29) is 48.8 Å². The molecule has 1 heterocycles. The molecule has 0 bridgehead atoms. The number of ketones is 1. The van der Waals surface area contributed by atoms with E-state index < -0.39 is 35.0 Å². The zero-order valence-corrected chi connectivity index (χ0v) is 29.8. The quantitative estimate of drug-likeness (QED) is 0.165. The van der Waals surface area contributed by atoms with Crippen LogP contribution in [-0.4, -0.2) is 60.6 Å². The highest BCUT2D eigenvalue weighted by molar-refractivity contribution is 6.01. The van der Waals surface area contributed by atoms with E-state index in [0.717, 1.165) is 24.0 Å². The summed E-state index contributed by atoms with van der Waals surface area (Å²) in [5.41, 5.74) is 2.03. The number of halogens is 1. The molecule has 13 heteroatoms. The molecule has 2 amide bonds. The molecule has 3 aromatic rings. The van der Waals surface area contributed by atoms with Crippen molar-refractivity contribution in [2.75, 3.05) is 25.6 Å². The van der Waals surface area contributed by atoms with Crippen molar-refractivity contribution in [1.29, 1.82) is 0 Å². The molecule has 0 unspecified atom stereocenters. The largest absolute Gasteiger partial charge is 0.493 e. The van der Waals surface area contributed by atoms with E-state index in [1.54, 1.807) is 48.5 Å². The summed E-state index contributed by atoms with van der Waals surface area (Å²) in [4.78, 5) is 55.2. The molecule has 52 heavy (non-hydrogen) atoms. The van der Waals surface area contributed by atoms with Crippen molar-refractivity contribution in [2.24, 2.45) is 33.0 Å². The third kappa shape index (κ3) is 9.86. The van der Waals surface area contributed by atoms with Crippen LogP contribution in [0.5, 0.6) is 5.75 Å². The third-order valence-electron chi connectivity index (χ3n) is 9.19. The minimum atomic E-state index is -1.40. The monoisotopic (exact) mass is 713 g/mol. The van der Waals surface area contributed by atoms with Gasteiger partial charge in [-0.05, 0) is 106 Å². The second-order valence-corrected chi connectivity index (χ2v) is 14.1. The molecule has 0 aromatic heterocycles. The van der Waals surface area contributed by atoms with Gasteiger partial charge in [-0.1, -0.05) is 24.3 Å². The van der Waals surface area contributed by atoms with Crippen molar-refractivity contribution < 1.29 is 38.1 Å². The van der Waals surface area contributed by atoms with Gasteiger partial charge in [0.2, 0.25) is 5.91 Å². The van der Waals surface area contributed by atoms with Crippen LogP contribution in [-0.2, 0) is 20.7 Å². The average molecular weight is 714 g/mol. The number of carbonyl (C=O) groups excluding carboxylic acids is 3. The summed E-state index contributed by atoms with van der Waals surface area (Å²) < 4.78 is 25.4. The summed E-state index contributed by atoms with van der Waals surface area (Å²) in [6, 6.07) is 16.9. The molecular weight excluding hydrogens is 669 g/mol. The summed E-state index contributed by atoms with van der Waals surface area (Å²) in [5, 5.41) is 23.0. The SMILES string of the molecule is COc1c(-c2ccc(C[C@H](CC(=O)C3CCC(CNC(=O)OC(C)(C)C)CC3)C(=O)Nc3ccc(C4=NCN=N4)cc3)cc2)ccc(C(=O)O)c1F. The number of ether oxygens (including phenoxy) is 2. The van der Waals surface area contributed by atoms with Gasteiger partial charge in [0.1, 0.15) is 11.4 Å². The van der Waals surface area contributed by atoms with E-state index in [0.29, 0.717) is 42.0 Å². The lowest BCUT2D eigenvalue weighted by Gasteiger charge is -2.29. The van der Waals surface area contributed by atoms with Gasteiger partial charge in [-0.2, -0.15) is 5.11 Å². The van der Waals surface area contributed by atoms with Crippen molar-refractivity contribution in [2.45, 2.75) is 64.9 Å². The smallest absolute Gasteiger partial charge is 0.407 e. The molecule has 1 fully saturated rings. The predicted octanol–water partition coefficient (Wildman–Crippen LogP) is 7.46. The highest BCUT2D eigenvalue weighted by atomic mass is 19.1. The van der Waals surface area contributed by atoms with Gasteiger partial charge in [0.15, 0.2) is 24.1 Å². The van der Waals surface area contributed by atoms with Gasteiger partial charge in [0.05, 0.1) is 12.7 Å². The molecule has 0 radical (unpaired) electrons. The lowest BCUT2D eigenvalue weighted by atomic mass is 9.77. The van der Waals surface area contributed by atoms with Crippen molar-refractivity contribution in [1.82, 2.24) is 5.32 Å². The van der Waals surface area contributed by atoms with E-state index in [2.05, 4.69) is 25.9 Å². The molecular formula is C39H44FN5O7. The number of benzene rings is 3. The number of nitrogens with one attached hydrogen (secondary N) is 2. The zero-order valence-electron chi connectivity index (χ0n) is 29.8. The van der Waals surface area contributed by atoms with Gasteiger partial charge in [-0.15, -0.1) is 5.11 Å². The Morgan fingerprint density at radius 1 is 0.942 bits per heavy atom. The fourth-order valence-corrected chi connectivity index (χ4v) is 6.48. The van der Waals surface area contributed by atoms with E-state index in [1.807, 2.05) is 20.8 Å². The van der Waals surface area contributed by atoms with Crippen LogP contribution in [0.15, 0.2) is 75.9 Å². The number of alkyl carbamates (subject to hydrolysis) is 1. The van der Waals surface area contributed by atoms with Crippen LogP contribution in [0.25, 0.3) is 11.1 Å². The molecule has 274 valence electrons. The number of methoxy groups -OCH3 is 1. The first-order chi connectivity index (χ1) is 24.8. The van der Waals surface area contributed by atoms with Crippen LogP contribution in [0, 0.1) is 23.6 Å². The maximum Gasteiger partial charge on any atom is 0.407 e. The number of amidine groups is 1. The van der Waals surface area contributed by atoms with Crippen molar-refractivity contribution in [3.63, 3.8) is 0 Å². The Bertz CT molecular complexity index is 1840. The Labute approximate surface area is 301 Å². The van der Waals surface area contributed by atoms with Gasteiger partial charge in [0, 0.05) is 41.6 Å². The van der Waals surface area contributed by atoms with Crippen LogP contribution in [0.1, 0.15) is 74.4 Å². The molecule has 1 aliphatic heterocycles. The Hall–Kier alpha value is -5.46. The van der Waals surface area contributed by atoms with Crippen molar-refractivity contribution in [3.05, 3.63) is 83.2 Å². The summed E-state index contributed by atoms with van der Waals surface area (Å²) >= 11 is 0. The molecule has 12 nitrogen and oxygen atoms in total. The van der Waals surface area contributed by atoms with E-state index in [9.17, 15) is 28.7 Å². The molecule has 0 saturated heterocycles. The molecule has 5 rings (SSSR count). The van der Waals surface area contributed by atoms with Gasteiger partial charge in [-0.3, -0.25) is 9.59 Å². The number of nitrogens with zero attached hydrogens (tertiary/aromatic N) is 3. The second-order valence-electron chi connectivity index (χ2n) is 14.1. The third-order valence-corrected chi connectivity index (χ3v) is 9.19. The molecule has 3 aromatic carbocycles. The molecule has 1 atom stereocenters. The number of carboxylic acids is 1. The first-order valence-corrected chi connectivity index (χ1v) is 17.3. The average Bonchev–Trinajstić information content (AvgIpc) is 3.66. The number of aromatic carboxylic acids is 1. The molecule has 0 spiro atoms. The highest BCUT2D eigenvalue weighted by Gasteiger charge is 2.31. The van der Waals surface area contributed by atoms with Crippen LogP contribution >= 0.6 is 0 Å². The first-order valence-electron chi connectivity index (χ1n) is 17.3. The number of carbonyl (C=O) groups is 4. The van der Waals surface area contributed by atoms with Gasteiger partial charge in [0.25, 0.3) is 0 Å². The van der Waals surface area contributed by atoms with Crippen LogP contribution in [0.2, 0.25) is 0 Å². The Morgan fingerprint density at radius 3 is 2.21 bits per heavy atom. The number of carboxylic acid groups (broad SMARTS) is 1. The number of Topliss-reactive ketones (excluding diaryl/α,β-unsaturated/α-hetero) is 1. The topological polar surface area (TPSA) is 168 Å². The van der Waals surface area contributed by atoms with Crippen LogP contribution < -0.4 is 15.4 Å². The predicted molar refractivity (Wildman–Crippen MR) is 193 cm³/mol. The summed E-state index contributed by atoms with van der Waals surface area (Å²) in [6.45, 7) is 6.20. The second kappa shape index (κ2) is 16.7. The number of amides is 2. The fourth-order valence-electron chi connectivity index (χ4n) is 6.48. The molecule has 3 N–H and O–H groups in total. The molecule has 1 saturated carbocycles. The summed E-state index contributed by atoms with van der Waals surface area (Å²) in [6.07, 6.45) is 2.76. The minimum absolute atomic E-state index is 0.0222. The van der Waals surface area contributed by atoms with Crippen LogP contribution in [0.4, 0.5) is 14.9 Å². The lowest BCUT2D eigenvalue weighted by Crippen LogP contribution is -2.37. The van der Waals surface area contributed by atoms with Gasteiger partial charge >= 0.3 is 12.1 Å². The normalized spacial score (nSPS) is 17.5. The lowest BCUT2D eigenvalue weighted by molar-refractivity contribution is -0.129. The Kier molecular flexibility index (Phi) is 12.1. The maximum atomic E-state index is 14.9. The van der Waals surface area contributed by atoms with Gasteiger partial charge < -0.3 is 25.2 Å². The maximum absolute atomic E-state index is 14.9. The van der Waals surface area contributed by atoms with E-state index in [4.69, 9.17) is 9.47 Å². The number of rotatable bonds is 13. The minimum Gasteiger partial charge on any atom is -0.493 e. The van der Waals surface area contributed by atoms with Crippen molar-refractivity contribution >= 4 is 35.3 Å². The number of aliphatic imine (C=N–C) groups is 1. The Balaban J connectivity index is 1.27. The fraction of sp³-hybridized carbons (Fsp3) is 0.410. The highest BCUT2D eigenvalue weighted by Crippen LogP contribution is 2.35. The van der Waals surface area contributed by atoms with Gasteiger partial charge in [-0.25, -0.2) is 19.0 Å². The standard InChI is InChI=1S/C39H44FN5O7/c1-39(2,3)52-38(50)41-21-24-7-11-26(12-8-24)32(46)20-28(36(47)44-29-15-13-27(14-16-29)35-42-22-43-45-35)19-23-5-9-25(10-6-23)30-17-18-31(37(48)49)33(40)34(30)51-4/h5-6,9-10,13-18,24,26,28H,7-8,11-12,19-22H2,1-4H3,(H,41,50)(H,44,47)(H,48,49)/t24?,26?,28-/m1/s1. The van der Waals surface area contributed by atoms with E-state index >= 15 is 0 Å². The number of anilines is 1. The zero-order chi connectivity index (χ0) is 37.4. The molecule has 1 aliphatic carbocycles. The van der Waals surface area contributed by atoms with Crippen LogP contribution in [0.3, 0.4) is 0 Å². The molecule has 2 aliphatic rings. The number of hydrogen-bond donors (Lipinski definition) is 3. The summed E-state index contributed by atoms with van der Waals surface area (Å²) in [7, 11) is 1.27. The number of azo groups is 1. The van der Waals surface area contributed by atoms with E-state index in [1.165, 1.54) is 19.2 Å². The summed E-state index contributed by atoms with van der Waals surface area (Å²) in [5.74, 6) is -2.93.